The zero-order chi connectivity index (χ0) is 21.2. The van der Waals surface area contributed by atoms with Crippen LogP contribution in [-0.2, 0) is 9.53 Å². The van der Waals surface area contributed by atoms with Gasteiger partial charge in [-0.1, -0.05) is 35.9 Å². The minimum Gasteiger partial charge on any atom is -0.452 e. The number of hydrogen-bond donors (Lipinski definition) is 1. The van der Waals surface area contributed by atoms with Gasteiger partial charge in [0, 0.05) is 23.7 Å². The molecule has 0 bridgehead atoms. The van der Waals surface area contributed by atoms with Gasteiger partial charge in [0.2, 0.25) is 0 Å². The molecule has 0 aliphatic carbocycles. The molecule has 0 fully saturated rings. The van der Waals surface area contributed by atoms with E-state index >= 15 is 0 Å². The van der Waals surface area contributed by atoms with Crippen molar-refractivity contribution in [1.82, 2.24) is 4.90 Å². The van der Waals surface area contributed by atoms with Gasteiger partial charge < -0.3 is 15.0 Å². The molecule has 150 valence electrons. The van der Waals surface area contributed by atoms with Crippen molar-refractivity contribution < 1.29 is 19.1 Å². The molecule has 0 atom stereocenters. The van der Waals surface area contributed by atoms with E-state index < -0.39 is 18.5 Å². The van der Waals surface area contributed by atoms with Gasteiger partial charge in [-0.3, -0.25) is 9.59 Å². The van der Waals surface area contributed by atoms with Gasteiger partial charge in [-0.25, -0.2) is 4.79 Å². The molecular formula is C22H21ClN2O4. The highest BCUT2D eigenvalue weighted by Gasteiger charge is 2.18. The maximum atomic E-state index is 12.5. The summed E-state index contributed by atoms with van der Waals surface area (Å²) in [7, 11) is 0. The van der Waals surface area contributed by atoms with Gasteiger partial charge in [-0.05, 0) is 36.4 Å². The van der Waals surface area contributed by atoms with Crippen LogP contribution in [0, 0.1) is 0 Å². The second-order valence-electron chi connectivity index (χ2n) is 5.96. The van der Waals surface area contributed by atoms with Crippen molar-refractivity contribution in [2.24, 2.45) is 0 Å². The van der Waals surface area contributed by atoms with Gasteiger partial charge in [-0.15, -0.1) is 13.2 Å². The number of nitrogens with zero attached hydrogens (tertiary/aromatic N) is 1. The first-order chi connectivity index (χ1) is 14.0. The number of benzene rings is 2. The maximum absolute atomic E-state index is 12.5. The molecule has 2 rings (SSSR count). The van der Waals surface area contributed by atoms with Gasteiger partial charge in [0.05, 0.1) is 11.3 Å². The van der Waals surface area contributed by atoms with E-state index in [1.54, 1.807) is 54.6 Å². The SMILES string of the molecule is C=CCN(CC=C)C(=O)COC(=O)c1ccccc1NC(=O)c1ccc(Cl)cc1. The molecule has 0 spiro atoms. The Balaban J connectivity index is 2.07. The molecule has 7 heteroatoms. The third-order valence-corrected chi connectivity index (χ3v) is 4.13. The summed E-state index contributed by atoms with van der Waals surface area (Å²) in [4.78, 5) is 38.5. The molecule has 0 saturated carbocycles. The van der Waals surface area contributed by atoms with Gasteiger partial charge in [0.25, 0.3) is 11.8 Å². The van der Waals surface area contributed by atoms with Crippen LogP contribution in [0.3, 0.4) is 0 Å². The fraction of sp³-hybridized carbons (Fsp3) is 0.136. The van der Waals surface area contributed by atoms with Crippen molar-refractivity contribution in [3.05, 3.63) is 90.0 Å². The normalized spacial score (nSPS) is 9.97. The highest BCUT2D eigenvalue weighted by molar-refractivity contribution is 6.30. The molecule has 6 nitrogen and oxygen atoms in total. The van der Waals surface area contributed by atoms with Crippen LogP contribution in [0.25, 0.3) is 0 Å². The highest BCUT2D eigenvalue weighted by Crippen LogP contribution is 2.18. The molecule has 0 aliphatic heterocycles. The lowest BCUT2D eigenvalue weighted by Crippen LogP contribution is -2.35. The lowest BCUT2D eigenvalue weighted by atomic mass is 10.1. The van der Waals surface area contributed by atoms with Crippen LogP contribution in [0.5, 0.6) is 0 Å². The number of anilines is 1. The Labute approximate surface area is 174 Å². The number of hydrogen-bond acceptors (Lipinski definition) is 4. The van der Waals surface area contributed by atoms with E-state index in [1.807, 2.05) is 0 Å². The minimum atomic E-state index is -0.720. The first-order valence-corrected chi connectivity index (χ1v) is 9.16. The Hall–Kier alpha value is -3.38. The number of rotatable bonds is 9. The van der Waals surface area contributed by atoms with Crippen LogP contribution in [0.4, 0.5) is 5.69 Å². The lowest BCUT2D eigenvalue weighted by molar-refractivity contribution is -0.133. The van der Waals surface area contributed by atoms with Crippen LogP contribution in [0.2, 0.25) is 5.02 Å². The summed E-state index contributed by atoms with van der Waals surface area (Å²) in [5, 5.41) is 3.18. The van der Waals surface area contributed by atoms with Crippen molar-refractivity contribution in [2.75, 3.05) is 25.0 Å². The van der Waals surface area contributed by atoms with Crippen molar-refractivity contribution in [1.29, 1.82) is 0 Å². The predicted molar refractivity (Wildman–Crippen MR) is 113 cm³/mol. The Morgan fingerprint density at radius 2 is 1.62 bits per heavy atom. The molecule has 29 heavy (non-hydrogen) atoms. The molecule has 1 N–H and O–H groups in total. The molecule has 2 aromatic rings. The zero-order valence-electron chi connectivity index (χ0n) is 15.8. The molecule has 0 heterocycles. The first kappa shape index (κ1) is 21.9. The summed E-state index contributed by atoms with van der Waals surface area (Å²) < 4.78 is 5.14. The Kier molecular flexibility index (Phi) is 8.18. The fourth-order valence-corrected chi connectivity index (χ4v) is 2.58. The Bertz CT molecular complexity index is 899. The number of carbonyl (C=O) groups excluding carboxylic acids is 3. The number of carbonyl (C=O) groups is 3. The largest absolute Gasteiger partial charge is 0.452 e. The number of esters is 1. The van der Waals surface area contributed by atoms with Crippen LogP contribution in [0.1, 0.15) is 20.7 Å². The third-order valence-electron chi connectivity index (χ3n) is 3.88. The van der Waals surface area contributed by atoms with Crippen LogP contribution in [0.15, 0.2) is 73.8 Å². The van der Waals surface area contributed by atoms with E-state index in [9.17, 15) is 14.4 Å². The Morgan fingerprint density at radius 3 is 2.24 bits per heavy atom. The van der Waals surface area contributed by atoms with Gasteiger partial charge in [-0.2, -0.15) is 0 Å². The third kappa shape index (κ3) is 6.33. The fourth-order valence-electron chi connectivity index (χ4n) is 2.45. The van der Waals surface area contributed by atoms with E-state index in [2.05, 4.69) is 18.5 Å². The van der Waals surface area contributed by atoms with Crippen molar-refractivity contribution in [3.8, 4) is 0 Å². The first-order valence-electron chi connectivity index (χ1n) is 8.79. The molecule has 0 saturated heterocycles. The molecule has 2 amide bonds. The number of para-hydroxylation sites is 1. The average Bonchev–Trinajstić information content (AvgIpc) is 2.72. The van der Waals surface area contributed by atoms with E-state index in [1.165, 1.54) is 11.0 Å². The number of ether oxygens (including phenoxy) is 1. The Morgan fingerprint density at radius 1 is 1.00 bits per heavy atom. The smallest absolute Gasteiger partial charge is 0.340 e. The molecule has 0 aromatic heterocycles. The van der Waals surface area contributed by atoms with Crippen LogP contribution >= 0.6 is 11.6 Å². The summed E-state index contributed by atoms with van der Waals surface area (Å²) in [5.41, 5.74) is 0.804. The second-order valence-corrected chi connectivity index (χ2v) is 6.40. The van der Waals surface area contributed by atoms with Crippen molar-refractivity contribution in [2.45, 2.75) is 0 Å². The summed E-state index contributed by atoms with van der Waals surface area (Å²) in [6.45, 7) is 7.39. The summed E-state index contributed by atoms with van der Waals surface area (Å²) in [5.74, 6) is -1.50. The van der Waals surface area contributed by atoms with E-state index in [4.69, 9.17) is 16.3 Å². The summed E-state index contributed by atoms with van der Waals surface area (Å²) in [6, 6.07) is 12.7. The monoisotopic (exact) mass is 412 g/mol. The average molecular weight is 413 g/mol. The highest BCUT2D eigenvalue weighted by atomic mass is 35.5. The van der Waals surface area contributed by atoms with E-state index in [-0.39, 0.29) is 17.2 Å². The summed E-state index contributed by atoms with van der Waals surface area (Å²) >= 11 is 5.83. The number of amides is 2. The molecule has 0 unspecified atom stereocenters. The van der Waals surface area contributed by atoms with Crippen molar-refractivity contribution >= 4 is 35.1 Å². The summed E-state index contributed by atoms with van der Waals surface area (Å²) in [6.07, 6.45) is 3.15. The molecule has 0 radical (unpaired) electrons. The van der Waals surface area contributed by atoms with Crippen LogP contribution < -0.4 is 5.32 Å². The number of nitrogens with one attached hydrogen (secondary N) is 1. The minimum absolute atomic E-state index is 0.140. The van der Waals surface area contributed by atoms with Crippen LogP contribution in [-0.4, -0.2) is 42.4 Å². The van der Waals surface area contributed by atoms with E-state index in [0.717, 1.165) is 0 Å². The lowest BCUT2D eigenvalue weighted by Gasteiger charge is -2.19. The van der Waals surface area contributed by atoms with Crippen molar-refractivity contribution in [3.63, 3.8) is 0 Å². The topological polar surface area (TPSA) is 75.7 Å². The maximum Gasteiger partial charge on any atom is 0.340 e. The molecular weight excluding hydrogens is 392 g/mol. The van der Waals surface area contributed by atoms with Gasteiger partial charge in [0.15, 0.2) is 6.61 Å². The van der Waals surface area contributed by atoms with E-state index in [0.29, 0.717) is 23.7 Å². The molecule has 2 aromatic carbocycles. The number of halogens is 1. The second kappa shape index (κ2) is 10.8. The standard InChI is InChI=1S/C22H21ClN2O4/c1-3-13-25(14-4-2)20(26)15-29-22(28)18-7-5-6-8-19(18)24-21(27)16-9-11-17(23)12-10-16/h3-12H,1-2,13-15H2,(H,24,27). The molecule has 0 aliphatic rings. The zero-order valence-corrected chi connectivity index (χ0v) is 16.5. The quantitative estimate of drug-likeness (QED) is 0.499. The predicted octanol–water partition coefficient (Wildman–Crippen LogP) is 3.95. The van der Waals surface area contributed by atoms with Gasteiger partial charge >= 0.3 is 5.97 Å². The van der Waals surface area contributed by atoms with Gasteiger partial charge in [0.1, 0.15) is 0 Å².